The number of hydrogen-bond acceptors (Lipinski definition) is 3. The zero-order valence-electron chi connectivity index (χ0n) is 13.2. The zero-order valence-corrected chi connectivity index (χ0v) is 13.2. The number of rotatable bonds is 7. The van der Waals surface area contributed by atoms with Crippen LogP contribution in [0.2, 0.25) is 0 Å². The maximum atomic E-state index is 12.7. The first-order valence-electron chi connectivity index (χ1n) is 7.89. The van der Waals surface area contributed by atoms with Crippen LogP contribution < -0.4 is 5.32 Å². The SMILES string of the molecule is CC(C)[C@H]1Nc2ccccc2C(=O)N1CCCCCC(=O)O. The number of carboxylic acid groups (broad SMARTS) is 1. The van der Waals surface area contributed by atoms with Crippen LogP contribution in [-0.2, 0) is 4.79 Å². The lowest BCUT2D eigenvalue weighted by Crippen LogP contribution is -2.51. The first-order valence-corrected chi connectivity index (χ1v) is 7.89. The number of anilines is 1. The van der Waals surface area contributed by atoms with E-state index in [1.54, 1.807) is 0 Å². The Labute approximate surface area is 131 Å². The van der Waals surface area contributed by atoms with E-state index in [4.69, 9.17) is 5.11 Å². The van der Waals surface area contributed by atoms with Gasteiger partial charge in [0, 0.05) is 18.7 Å². The number of amides is 1. The fourth-order valence-corrected chi connectivity index (χ4v) is 2.82. The molecule has 1 aliphatic rings. The smallest absolute Gasteiger partial charge is 0.303 e. The second-order valence-electron chi connectivity index (χ2n) is 6.08. The van der Waals surface area contributed by atoms with Gasteiger partial charge in [-0.05, 0) is 30.9 Å². The summed E-state index contributed by atoms with van der Waals surface area (Å²) in [5.74, 6) is -0.396. The van der Waals surface area contributed by atoms with E-state index in [-0.39, 0.29) is 18.5 Å². The Bertz CT molecular complexity index is 542. The van der Waals surface area contributed by atoms with Crippen molar-refractivity contribution in [3.8, 4) is 0 Å². The van der Waals surface area contributed by atoms with Gasteiger partial charge in [-0.25, -0.2) is 0 Å². The summed E-state index contributed by atoms with van der Waals surface area (Å²) in [6.45, 7) is 4.84. The highest BCUT2D eigenvalue weighted by molar-refractivity contribution is 6.01. The molecule has 1 aromatic rings. The molecule has 1 aromatic carbocycles. The minimum absolute atomic E-state index is 0.0122. The van der Waals surface area contributed by atoms with Crippen LogP contribution in [0.15, 0.2) is 24.3 Å². The molecule has 1 amide bonds. The molecule has 0 fully saturated rings. The Morgan fingerprint density at radius 2 is 2.00 bits per heavy atom. The van der Waals surface area contributed by atoms with Crippen LogP contribution in [0, 0.1) is 5.92 Å². The minimum Gasteiger partial charge on any atom is -0.481 e. The van der Waals surface area contributed by atoms with Gasteiger partial charge in [0.2, 0.25) is 0 Å². The highest BCUT2D eigenvalue weighted by atomic mass is 16.4. The van der Waals surface area contributed by atoms with Crippen LogP contribution in [0.5, 0.6) is 0 Å². The van der Waals surface area contributed by atoms with Crippen molar-refractivity contribution in [1.29, 1.82) is 0 Å². The predicted molar refractivity (Wildman–Crippen MR) is 85.8 cm³/mol. The quantitative estimate of drug-likeness (QED) is 0.759. The molecule has 0 radical (unpaired) electrons. The average Bonchev–Trinajstić information content (AvgIpc) is 2.48. The van der Waals surface area contributed by atoms with Crippen molar-refractivity contribution < 1.29 is 14.7 Å². The number of carbonyl (C=O) groups is 2. The third kappa shape index (κ3) is 3.78. The lowest BCUT2D eigenvalue weighted by molar-refractivity contribution is -0.137. The highest BCUT2D eigenvalue weighted by Crippen LogP contribution is 2.28. The van der Waals surface area contributed by atoms with Crippen molar-refractivity contribution in [3.63, 3.8) is 0 Å². The first kappa shape index (κ1) is 16.3. The van der Waals surface area contributed by atoms with E-state index in [0.29, 0.717) is 24.4 Å². The predicted octanol–water partition coefficient (Wildman–Crippen LogP) is 3.18. The van der Waals surface area contributed by atoms with Crippen molar-refractivity contribution in [1.82, 2.24) is 4.90 Å². The second-order valence-corrected chi connectivity index (χ2v) is 6.08. The monoisotopic (exact) mass is 304 g/mol. The third-order valence-corrected chi connectivity index (χ3v) is 3.98. The summed E-state index contributed by atoms with van der Waals surface area (Å²) >= 11 is 0. The molecule has 2 rings (SSSR count). The van der Waals surface area contributed by atoms with Crippen molar-refractivity contribution in [2.45, 2.75) is 45.7 Å². The van der Waals surface area contributed by atoms with Gasteiger partial charge >= 0.3 is 5.97 Å². The summed E-state index contributed by atoms with van der Waals surface area (Å²) < 4.78 is 0. The topological polar surface area (TPSA) is 69.6 Å². The minimum atomic E-state index is -0.760. The number of unbranched alkanes of at least 4 members (excludes halogenated alkanes) is 2. The van der Waals surface area contributed by atoms with Gasteiger partial charge < -0.3 is 15.3 Å². The molecule has 0 spiro atoms. The van der Waals surface area contributed by atoms with Crippen LogP contribution in [0.1, 0.15) is 49.9 Å². The maximum Gasteiger partial charge on any atom is 0.303 e. The average molecular weight is 304 g/mol. The zero-order chi connectivity index (χ0) is 16.1. The van der Waals surface area contributed by atoms with Crippen LogP contribution in [-0.4, -0.2) is 34.6 Å². The van der Waals surface area contributed by atoms with Crippen molar-refractivity contribution in [2.24, 2.45) is 5.92 Å². The van der Waals surface area contributed by atoms with Gasteiger partial charge in [0.05, 0.1) is 5.56 Å². The largest absolute Gasteiger partial charge is 0.481 e. The van der Waals surface area contributed by atoms with Crippen LogP contribution in [0.4, 0.5) is 5.69 Å². The van der Waals surface area contributed by atoms with E-state index in [0.717, 1.165) is 18.5 Å². The van der Waals surface area contributed by atoms with E-state index in [1.807, 2.05) is 29.2 Å². The van der Waals surface area contributed by atoms with Gasteiger partial charge in [0.1, 0.15) is 6.17 Å². The lowest BCUT2D eigenvalue weighted by Gasteiger charge is -2.40. The van der Waals surface area contributed by atoms with Crippen LogP contribution in [0.25, 0.3) is 0 Å². The van der Waals surface area contributed by atoms with Gasteiger partial charge in [-0.15, -0.1) is 0 Å². The summed E-state index contributed by atoms with van der Waals surface area (Å²) in [5, 5.41) is 12.1. The fraction of sp³-hybridized carbons (Fsp3) is 0.529. The number of carboxylic acids is 1. The lowest BCUT2D eigenvalue weighted by atomic mass is 10.0. The Morgan fingerprint density at radius 1 is 1.27 bits per heavy atom. The van der Waals surface area contributed by atoms with Crippen molar-refractivity contribution in [3.05, 3.63) is 29.8 Å². The molecule has 5 nitrogen and oxygen atoms in total. The van der Waals surface area contributed by atoms with Crippen LogP contribution in [0.3, 0.4) is 0 Å². The molecule has 0 saturated carbocycles. The van der Waals surface area contributed by atoms with Gasteiger partial charge in [0.25, 0.3) is 5.91 Å². The summed E-state index contributed by atoms with van der Waals surface area (Å²) in [5.41, 5.74) is 1.61. The molecule has 22 heavy (non-hydrogen) atoms. The molecule has 2 N–H and O–H groups in total. The molecule has 0 saturated heterocycles. The van der Waals surface area contributed by atoms with E-state index < -0.39 is 5.97 Å². The molecular formula is C17H24N2O3. The van der Waals surface area contributed by atoms with E-state index in [1.165, 1.54) is 0 Å². The second kappa shape index (κ2) is 7.29. The van der Waals surface area contributed by atoms with E-state index in [2.05, 4.69) is 19.2 Å². The van der Waals surface area contributed by atoms with Gasteiger partial charge in [-0.2, -0.15) is 0 Å². The molecule has 120 valence electrons. The van der Waals surface area contributed by atoms with E-state index in [9.17, 15) is 9.59 Å². The molecule has 0 bridgehead atoms. The number of nitrogens with one attached hydrogen (secondary N) is 1. The summed E-state index contributed by atoms with van der Waals surface area (Å²) in [6, 6.07) is 7.59. The number of para-hydroxylation sites is 1. The summed E-state index contributed by atoms with van der Waals surface area (Å²) in [6.07, 6.45) is 2.49. The molecule has 1 heterocycles. The van der Waals surface area contributed by atoms with Gasteiger partial charge in [-0.1, -0.05) is 32.4 Å². The Balaban J connectivity index is 2.01. The first-order chi connectivity index (χ1) is 10.5. The van der Waals surface area contributed by atoms with Crippen LogP contribution >= 0.6 is 0 Å². The summed E-state index contributed by atoms with van der Waals surface area (Å²) in [4.78, 5) is 25.1. The maximum absolute atomic E-state index is 12.7. The molecule has 0 unspecified atom stereocenters. The molecule has 1 aliphatic heterocycles. The number of aliphatic carboxylic acids is 1. The highest BCUT2D eigenvalue weighted by Gasteiger charge is 2.32. The molecule has 1 atom stereocenters. The number of fused-ring (bicyclic) bond motifs is 1. The third-order valence-electron chi connectivity index (χ3n) is 3.98. The van der Waals surface area contributed by atoms with E-state index >= 15 is 0 Å². The summed E-state index contributed by atoms with van der Waals surface area (Å²) in [7, 11) is 0. The Morgan fingerprint density at radius 3 is 2.68 bits per heavy atom. The molecular weight excluding hydrogens is 280 g/mol. The van der Waals surface area contributed by atoms with Gasteiger partial charge in [-0.3, -0.25) is 9.59 Å². The van der Waals surface area contributed by atoms with Gasteiger partial charge in [0.15, 0.2) is 0 Å². The number of hydrogen-bond donors (Lipinski definition) is 2. The van der Waals surface area contributed by atoms with Crippen molar-refractivity contribution >= 4 is 17.6 Å². The van der Waals surface area contributed by atoms with Crippen molar-refractivity contribution in [2.75, 3.05) is 11.9 Å². The number of benzene rings is 1. The molecule has 5 heteroatoms. The standard InChI is InChI=1S/C17H24N2O3/c1-12(2)16-18-14-9-6-5-8-13(14)17(22)19(16)11-7-3-4-10-15(20)21/h5-6,8-9,12,16,18H,3-4,7,10-11H2,1-2H3,(H,20,21)/t16-/m0/s1. The Hall–Kier alpha value is -2.04. The molecule has 0 aliphatic carbocycles. The molecule has 0 aromatic heterocycles. The number of nitrogens with zero attached hydrogens (tertiary/aromatic N) is 1. The Kier molecular flexibility index (Phi) is 5.41. The number of carbonyl (C=O) groups excluding carboxylic acids is 1. The normalized spacial score (nSPS) is 17.3. The fourth-order valence-electron chi connectivity index (χ4n) is 2.82.